The molecule has 0 atom stereocenters. The van der Waals surface area contributed by atoms with E-state index in [9.17, 15) is 14.4 Å². The summed E-state index contributed by atoms with van der Waals surface area (Å²) in [6, 6.07) is 0. The zero-order chi connectivity index (χ0) is 48.4. The summed E-state index contributed by atoms with van der Waals surface area (Å²) in [6.45, 7) is 18.0. The van der Waals surface area contributed by atoms with Crippen molar-refractivity contribution in [1.29, 1.82) is 0 Å². The van der Waals surface area contributed by atoms with Crippen molar-refractivity contribution in [3.8, 4) is 0 Å². The average Bonchev–Trinajstić information content (AvgIpc) is 3.26. The van der Waals surface area contributed by atoms with Gasteiger partial charge in [0.1, 0.15) is 18.3 Å². The van der Waals surface area contributed by atoms with Gasteiger partial charge in [-0.05, 0) is 132 Å². The van der Waals surface area contributed by atoms with Crippen LogP contribution in [0.2, 0.25) is 0 Å². The molecule has 0 aliphatic carbocycles. The molecular formula is C58H113NO6. The van der Waals surface area contributed by atoms with Gasteiger partial charge in [0.15, 0.2) is 0 Å². The normalized spacial score (nSPS) is 12.3. The smallest absolute Gasteiger partial charge is 0.311 e. The topological polar surface area (TPSA) is 82.1 Å². The summed E-state index contributed by atoms with van der Waals surface area (Å²) in [5, 5.41) is 0. The van der Waals surface area contributed by atoms with Gasteiger partial charge in [0.2, 0.25) is 0 Å². The van der Waals surface area contributed by atoms with Crippen LogP contribution in [0, 0.1) is 10.8 Å². The van der Waals surface area contributed by atoms with Gasteiger partial charge in [0, 0.05) is 6.54 Å². The lowest BCUT2D eigenvalue weighted by atomic mass is 9.86. The second kappa shape index (κ2) is 42.5. The van der Waals surface area contributed by atoms with Crippen LogP contribution in [0.4, 0.5) is 0 Å². The Kier molecular flexibility index (Phi) is 41.4. The van der Waals surface area contributed by atoms with Crippen LogP contribution in [-0.4, -0.2) is 61.8 Å². The molecule has 0 N–H and O–H groups in total. The monoisotopic (exact) mass is 920 g/mol. The van der Waals surface area contributed by atoms with E-state index in [0.717, 1.165) is 116 Å². The molecule has 0 bridgehead atoms. The van der Waals surface area contributed by atoms with E-state index >= 15 is 0 Å². The van der Waals surface area contributed by atoms with Crippen molar-refractivity contribution in [2.75, 3.05) is 20.6 Å². The number of rotatable bonds is 48. The number of unbranched alkanes of at least 4 members (excludes halogenated alkanes) is 24. The van der Waals surface area contributed by atoms with Crippen molar-refractivity contribution < 1.29 is 28.6 Å². The Bertz CT molecular complexity index is 1000. The molecule has 0 saturated carbocycles. The van der Waals surface area contributed by atoms with Crippen molar-refractivity contribution in [2.24, 2.45) is 10.8 Å². The molecule has 0 aromatic rings. The van der Waals surface area contributed by atoms with Crippen molar-refractivity contribution >= 4 is 17.9 Å². The van der Waals surface area contributed by atoms with Crippen LogP contribution in [-0.2, 0) is 28.6 Å². The first-order chi connectivity index (χ1) is 31.2. The maximum absolute atomic E-state index is 13.6. The van der Waals surface area contributed by atoms with Gasteiger partial charge in [-0.15, -0.1) is 0 Å². The predicted molar refractivity (Wildman–Crippen MR) is 279 cm³/mol. The molecule has 7 nitrogen and oxygen atoms in total. The minimum absolute atomic E-state index is 0.0359. The number of hydrogen-bond acceptors (Lipinski definition) is 7. The van der Waals surface area contributed by atoms with Crippen LogP contribution < -0.4 is 0 Å². The molecule has 386 valence electrons. The molecule has 0 aromatic heterocycles. The lowest BCUT2D eigenvalue weighted by Gasteiger charge is -2.27. The SMILES string of the molecule is CCCCCCCCC(CCCCCCCC)OC(=O)C(C)(C)CCCCCC(CCCCCC(C)(C)C(=O)OC(CCCCCCCC)CCCCCCCC)OC(=O)CCN(C)C. The Labute approximate surface area is 405 Å². The fraction of sp³-hybridized carbons (Fsp3) is 0.948. The number of nitrogens with zero attached hydrogens (tertiary/aromatic N) is 1. The third-order valence-corrected chi connectivity index (χ3v) is 13.9. The van der Waals surface area contributed by atoms with E-state index in [1.165, 1.54) is 128 Å². The van der Waals surface area contributed by atoms with Crippen LogP contribution in [0.5, 0.6) is 0 Å². The van der Waals surface area contributed by atoms with E-state index in [2.05, 4.69) is 55.4 Å². The number of carbonyl (C=O) groups is 3. The Hall–Kier alpha value is -1.63. The third-order valence-electron chi connectivity index (χ3n) is 13.9. The predicted octanol–water partition coefficient (Wildman–Crippen LogP) is 17.6. The molecular weight excluding hydrogens is 807 g/mol. The largest absolute Gasteiger partial charge is 0.462 e. The van der Waals surface area contributed by atoms with Gasteiger partial charge < -0.3 is 19.1 Å². The second-order valence-corrected chi connectivity index (χ2v) is 21.9. The van der Waals surface area contributed by atoms with Crippen molar-refractivity contribution in [3.63, 3.8) is 0 Å². The van der Waals surface area contributed by atoms with E-state index in [-0.39, 0.29) is 36.2 Å². The molecule has 65 heavy (non-hydrogen) atoms. The van der Waals surface area contributed by atoms with Gasteiger partial charge in [-0.25, -0.2) is 0 Å². The van der Waals surface area contributed by atoms with Crippen molar-refractivity contribution in [1.82, 2.24) is 4.90 Å². The highest BCUT2D eigenvalue weighted by Crippen LogP contribution is 2.31. The van der Waals surface area contributed by atoms with Gasteiger partial charge in [0.05, 0.1) is 17.3 Å². The molecule has 0 aliphatic rings. The fourth-order valence-electron chi connectivity index (χ4n) is 9.01. The van der Waals surface area contributed by atoms with Gasteiger partial charge in [0.25, 0.3) is 0 Å². The summed E-state index contributed by atoms with van der Waals surface area (Å²) in [7, 11) is 3.96. The number of esters is 3. The molecule has 0 aromatic carbocycles. The van der Waals surface area contributed by atoms with Crippen molar-refractivity contribution in [2.45, 2.75) is 324 Å². The standard InChI is InChI=1S/C58H113NO6/c1-11-15-19-23-27-33-43-52(44-34-28-24-20-16-12-2)64-55(61)57(5,6)48-39-31-37-41-51(63-54(60)47-50-59(9)10)42-38-32-40-49-58(7,8)56(62)65-53(45-35-29-25-21-17-13-3)46-36-30-26-22-18-14-4/h51-53H,11-50H2,1-10H3. The summed E-state index contributed by atoms with van der Waals surface area (Å²) in [4.78, 5) is 42.1. The van der Waals surface area contributed by atoms with E-state index in [0.29, 0.717) is 13.0 Å². The summed E-state index contributed by atoms with van der Waals surface area (Å²) in [5.41, 5.74) is -1.02. The molecule has 0 aliphatic heterocycles. The minimum atomic E-state index is -0.512. The highest BCUT2D eigenvalue weighted by atomic mass is 16.6. The number of carbonyl (C=O) groups excluding carboxylic acids is 3. The second-order valence-electron chi connectivity index (χ2n) is 21.9. The molecule has 7 heteroatoms. The van der Waals surface area contributed by atoms with E-state index in [1.54, 1.807) is 0 Å². The van der Waals surface area contributed by atoms with Crippen LogP contribution in [0.25, 0.3) is 0 Å². The molecule has 0 heterocycles. The third kappa shape index (κ3) is 38.0. The zero-order valence-corrected chi connectivity index (χ0v) is 45.4. The van der Waals surface area contributed by atoms with Gasteiger partial charge in [-0.3, -0.25) is 14.4 Å². The summed E-state index contributed by atoms with van der Waals surface area (Å²) in [5.74, 6) is -0.195. The Balaban J connectivity index is 5.11. The summed E-state index contributed by atoms with van der Waals surface area (Å²) in [6.07, 6.45) is 43.6. The zero-order valence-electron chi connectivity index (χ0n) is 45.4. The van der Waals surface area contributed by atoms with Crippen molar-refractivity contribution in [3.05, 3.63) is 0 Å². The fourth-order valence-corrected chi connectivity index (χ4v) is 9.01. The number of hydrogen-bond donors (Lipinski definition) is 0. The molecule has 0 saturated heterocycles. The van der Waals surface area contributed by atoms with Gasteiger partial charge in [-0.2, -0.15) is 0 Å². The van der Waals surface area contributed by atoms with Gasteiger partial charge in [-0.1, -0.05) is 182 Å². The molecule has 0 radical (unpaired) electrons. The maximum Gasteiger partial charge on any atom is 0.311 e. The average molecular weight is 921 g/mol. The Morgan fingerprint density at radius 2 is 0.615 bits per heavy atom. The molecule has 0 fully saturated rings. The Morgan fingerprint density at radius 3 is 0.892 bits per heavy atom. The summed E-state index contributed by atoms with van der Waals surface area (Å²) >= 11 is 0. The van der Waals surface area contributed by atoms with Gasteiger partial charge >= 0.3 is 17.9 Å². The molecule has 0 rings (SSSR count). The molecule has 0 amide bonds. The lowest BCUT2D eigenvalue weighted by Crippen LogP contribution is -2.31. The Morgan fingerprint density at radius 1 is 0.369 bits per heavy atom. The van der Waals surface area contributed by atoms with Crippen LogP contribution in [0.3, 0.4) is 0 Å². The van der Waals surface area contributed by atoms with E-state index in [4.69, 9.17) is 14.2 Å². The summed E-state index contributed by atoms with van der Waals surface area (Å²) < 4.78 is 18.7. The van der Waals surface area contributed by atoms with Crippen LogP contribution >= 0.6 is 0 Å². The minimum Gasteiger partial charge on any atom is -0.462 e. The molecule has 0 spiro atoms. The maximum atomic E-state index is 13.6. The van der Waals surface area contributed by atoms with E-state index < -0.39 is 10.8 Å². The lowest BCUT2D eigenvalue weighted by molar-refractivity contribution is -0.161. The first kappa shape index (κ1) is 63.4. The quantitative estimate of drug-likeness (QED) is 0.0342. The number of ether oxygens (including phenoxy) is 3. The first-order valence-electron chi connectivity index (χ1n) is 28.5. The highest BCUT2D eigenvalue weighted by molar-refractivity contribution is 5.76. The molecule has 0 unspecified atom stereocenters. The van der Waals surface area contributed by atoms with Crippen LogP contribution in [0.1, 0.15) is 306 Å². The van der Waals surface area contributed by atoms with Crippen LogP contribution in [0.15, 0.2) is 0 Å². The van der Waals surface area contributed by atoms with E-state index in [1.807, 2.05) is 19.0 Å². The first-order valence-corrected chi connectivity index (χ1v) is 28.5. The highest BCUT2D eigenvalue weighted by Gasteiger charge is 2.32.